The van der Waals surface area contributed by atoms with Crippen LogP contribution in [-0.2, 0) is 14.3 Å². The summed E-state index contributed by atoms with van der Waals surface area (Å²) in [5, 5.41) is 0. The van der Waals surface area contributed by atoms with E-state index in [2.05, 4.69) is 0 Å². The standard InChI is InChI=1S/C8H14O3/c1-2-3-7(9)4-11-8-5-10-6-8/h8H,2-6H2,1H3. The molecule has 0 radical (unpaired) electrons. The summed E-state index contributed by atoms with van der Waals surface area (Å²) in [6.07, 6.45) is 1.72. The normalized spacial score (nSPS) is 17.9. The molecule has 64 valence electrons. The molecule has 0 unspecified atom stereocenters. The molecule has 0 atom stereocenters. The lowest BCUT2D eigenvalue weighted by atomic mass is 10.2. The number of hydrogen-bond donors (Lipinski definition) is 0. The molecule has 0 N–H and O–H groups in total. The summed E-state index contributed by atoms with van der Waals surface area (Å²) in [6.45, 7) is 3.56. The highest BCUT2D eigenvalue weighted by Gasteiger charge is 2.19. The maximum atomic E-state index is 10.9. The summed E-state index contributed by atoms with van der Waals surface area (Å²) in [5.74, 6) is 0.194. The van der Waals surface area contributed by atoms with Gasteiger partial charge in [0.25, 0.3) is 0 Å². The Morgan fingerprint density at radius 1 is 1.64 bits per heavy atom. The third kappa shape index (κ3) is 2.99. The van der Waals surface area contributed by atoms with Crippen LogP contribution in [0.3, 0.4) is 0 Å². The van der Waals surface area contributed by atoms with Gasteiger partial charge in [0.2, 0.25) is 0 Å². The second kappa shape index (κ2) is 4.46. The Kier molecular flexibility index (Phi) is 3.52. The van der Waals surface area contributed by atoms with E-state index in [4.69, 9.17) is 9.47 Å². The zero-order valence-corrected chi connectivity index (χ0v) is 6.84. The van der Waals surface area contributed by atoms with Gasteiger partial charge in [0.15, 0.2) is 5.78 Å². The SMILES string of the molecule is CCCC(=O)COC1COC1. The van der Waals surface area contributed by atoms with Gasteiger partial charge in [-0.3, -0.25) is 4.79 Å². The molecule has 1 saturated heterocycles. The number of ether oxygens (including phenoxy) is 2. The van der Waals surface area contributed by atoms with Crippen LogP contribution in [0.4, 0.5) is 0 Å². The van der Waals surface area contributed by atoms with Crippen LogP contribution in [0.5, 0.6) is 0 Å². The maximum Gasteiger partial charge on any atom is 0.158 e. The molecule has 1 fully saturated rings. The molecule has 0 spiro atoms. The maximum absolute atomic E-state index is 10.9. The lowest BCUT2D eigenvalue weighted by Gasteiger charge is -2.25. The van der Waals surface area contributed by atoms with Crippen molar-refractivity contribution in [2.45, 2.75) is 25.9 Å². The van der Waals surface area contributed by atoms with Crippen molar-refractivity contribution in [3.8, 4) is 0 Å². The van der Waals surface area contributed by atoms with E-state index in [1.54, 1.807) is 0 Å². The van der Waals surface area contributed by atoms with Crippen LogP contribution in [-0.4, -0.2) is 31.7 Å². The molecule has 0 aliphatic carbocycles. The lowest BCUT2D eigenvalue weighted by molar-refractivity contribution is -0.146. The number of hydrogen-bond acceptors (Lipinski definition) is 3. The topological polar surface area (TPSA) is 35.5 Å². The number of ketones is 1. The predicted octanol–water partition coefficient (Wildman–Crippen LogP) is 0.771. The monoisotopic (exact) mass is 158 g/mol. The quantitative estimate of drug-likeness (QED) is 0.593. The zero-order valence-electron chi connectivity index (χ0n) is 6.84. The fourth-order valence-electron chi connectivity index (χ4n) is 0.872. The van der Waals surface area contributed by atoms with Crippen molar-refractivity contribution in [3.05, 3.63) is 0 Å². The molecule has 11 heavy (non-hydrogen) atoms. The van der Waals surface area contributed by atoms with E-state index in [0.29, 0.717) is 19.6 Å². The Labute approximate surface area is 66.7 Å². The molecule has 1 aliphatic heterocycles. The summed E-state index contributed by atoms with van der Waals surface area (Å²) >= 11 is 0. The molecule has 1 aliphatic rings. The molecule has 0 saturated carbocycles. The third-order valence-corrected chi connectivity index (χ3v) is 1.62. The molecular weight excluding hydrogens is 144 g/mol. The Morgan fingerprint density at radius 2 is 2.36 bits per heavy atom. The van der Waals surface area contributed by atoms with Crippen molar-refractivity contribution in [1.29, 1.82) is 0 Å². The van der Waals surface area contributed by atoms with Crippen LogP contribution >= 0.6 is 0 Å². The summed E-state index contributed by atoms with van der Waals surface area (Å²) in [7, 11) is 0. The van der Waals surface area contributed by atoms with E-state index in [9.17, 15) is 4.79 Å². The first-order chi connectivity index (χ1) is 5.33. The minimum absolute atomic E-state index is 0.177. The highest BCUT2D eigenvalue weighted by Crippen LogP contribution is 2.05. The fourth-order valence-corrected chi connectivity index (χ4v) is 0.872. The molecule has 3 heteroatoms. The van der Waals surface area contributed by atoms with Crippen molar-refractivity contribution < 1.29 is 14.3 Å². The highest BCUT2D eigenvalue weighted by molar-refractivity contribution is 5.79. The fraction of sp³-hybridized carbons (Fsp3) is 0.875. The van der Waals surface area contributed by atoms with Gasteiger partial charge in [-0.15, -0.1) is 0 Å². The van der Waals surface area contributed by atoms with Crippen molar-refractivity contribution in [2.75, 3.05) is 19.8 Å². The highest BCUT2D eigenvalue weighted by atomic mass is 16.6. The van der Waals surface area contributed by atoms with Crippen LogP contribution < -0.4 is 0 Å². The van der Waals surface area contributed by atoms with E-state index in [-0.39, 0.29) is 18.5 Å². The van der Waals surface area contributed by atoms with Crippen molar-refractivity contribution >= 4 is 5.78 Å². The van der Waals surface area contributed by atoms with Gasteiger partial charge >= 0.3 is 0 Å². The zero-order chi connectivity index (χ0) is 8.10. The minimum atomic E-state index is 0.177. The summed E-state index contributed by atoms with van der Waals surface area (Å²) in [4.78, 5) is 10.9. The van der Waals surface area contributed by atoms with Crippen LogP contribution in [0.2, 0.25) is 0 Å². The largest absolute Gasteiger partial charge is 0.376 e. The first-order valence-electron chi connectivity index (χ1n) is 4.04. The van der Waals surface area contributed by atoms with Gasteiger partial charge in [-0.25, -0.2) is 0 Å². The molecule has 0 bridgehead atoms. The number of carbonyl (C=O) groups excluding carboxylic acids is 1. The van der Waals surface area contributed by atoms with Gasteiger partial charge in [-0.1, -0.05) is 6.92 Å². The summed E-state index contributed by atoms with van der Waals surface area (Å²) < 4.78 is 10.1. The van der Waals surface area contributed by atoms with E-state index < -0.39 is 0 Å². The summed E-state index contributed by atoms with van der Waals surface area (Å²) in [6, 6.07) is 0. The first-order valence-corrected chi connectivity index (χ1v) is 4.04. The van der Waals surface area contributed by atoms with Gasteiger partial charge in [0, 0.05) is 6.42 Å². The Hall–Kier alpha value is -0.410. The minimum Gasteiger partial charge on any atom is -0.376 e. The molecule has 0 amide bonds. The summed E-state index contributed by atoms with van der Waals surface area (Å²) in [5.41, 5.74) is 0. The van der Waals surface area contributed by atoms with E-state index >= 15 is 0 Å². The third-order valence-electron chi connectivity index (χ3n) is 1.62. The van der Waals surface area contributed by atoms with Crippen LogP contribution in [0, 0.1) is 0 Å². The number of carbonyl (C=O) groups is 1. The first kappa shape index (κ1) is 8.68. The molecule has 1 heterocycles. The van der Waals surface area contributed by atoms with Crippen molar-refractivity contribution in [3.63, 3.8) is 0 Å². The molecule has 0 aromatic heterocycles. The Morgan fingerprint density at radius 3 is 2.82 bits per heavy atom. The molecule has 1 rings (SSSR count). The molecule has 3 nitrogen and oxygen atoms in total. The van der Waals surface area contributed by atoms with E-state index in [1.807, 2.05) is 6.92 Å². The Balaban J connectivity index is 1.96. The predicted molar refractivity (Wildman–Crippen MR) is 40.5 cm³/mol. The molecular formula is C8H14O3. The number of rotatable bonds is 5. The smallest absolute Gasteiger partial charge is 0.158 e. The van der Waals surface area contributed by atoms with E-state index in [0.717, 1.165) is 6.42 Å². The van der Waals surface area contributed by atoms with Crippen molar-refractivity contribution in [1.82, 2.24) is 0 Å². The van der Waals surface area contributed by atoms with Crippen LogP contribution in [0.1, 0.15) is 19.8 Å². The van der Waals surface area contributed by atoms with Crippen LogP contribution in [0.15, 0.2) is 0 Å². The van der Waals surface area contributed by atoms with Gasteiger partial charge in [-0.05, 0) is 6.42 Å². The average Bonchev–Trinajstić information content (AvgIpc) is 1.85. The Bertz CT molecular complexity index is 129. The van der Waals surface area contributed by atoms with Gasteiger partial charge in [0.1, 0.15) is 12.7 Å². The van der Waals surface area contributed by atoms with E-state index in [1.165, 1.54) is 0 Å². The second-order valence-corrected chi connectivity index (χ2v) is 2.76. The molecule has 0 aromatic carbocycles. The van der Waals surface area contributed by atoms with Gasteiger partial charge in [-0.2, -0.15) is 0 Å². The molecule has 0 aromatic rings. The van der Waals surface area contributed by atoms with Gasteiger partial charge in [0.05, 0.1) is 13.2 Å². The average molecular weight is 158 g/mol. The van der Waals surface area contributed by atoms with Gasteiger partial charge < -0.3 is 9.47 Å². The van der Waals surface area contributed by atoms with Crippen molar-refractivity contribution in [2.24, 2.45) is 0 Å². The second-order valence-electron chi connectivity index (χ2n) is 2.76. The van der Waals surface area contributed by atoms with Crippen LogP contribution in [0.25, 0.3) is 0 Å². The lowest BCUT2D eigenvalue weighted by Crippen LogP contribution is -2.37. The number of Topliss-reactive ketones (excluding diaryl/α,β-unsaturated/α-hetero) is 1.